The van der Waals surface area contributed by atoms with Crippen molar-refractivity contribution < 1.29 is 9.59 Å². The monoisotopic (exact) mass is 321 g/mol. The van der Waals surface area contributed by atoms with Gasteiger partial charge in [0.25, 0.3) is 5.91 Å². The number of hydrogen-bond acceptors (Lipinski definition) is 2. The molecule has 1 heterocycles. The number of nitrogens with two attached hydrogens (primary N) is 1. The fourth-order valence-corrected chi connectivity index (χ4v) is 2.78. The van der Waals surface area contributed by atoms with E-state index in [0.717, 1.165) is 22.2 Å². The molecule has 0 spiro atoms. The molecule has 0 atom stereocenters. The number of para-hydroxylation sites is 1. The second-order valence-electron chi connectivity index (χ2n) is 5.89. The fraction of sp³-hybridized carbons (Fsp3) is 0.158. The molecule has 0 aliphatic rings. The molecule has 122 valence electrons. The lowest BCUT2D eigenvalue weighted by Crippen LogP contribution is -2.17. The van der Waals surface area contributed by atoms with Gasteiger partial charge in [0.1, 0.15) is 0 Å². The van der Waals surface area contributed by atoms with Gasteiger partial charge in [-0.1, -0.05) is 18.2 Å². The van der Waals surface area contributed by atoms with Gasteiger partial charge < -0.3 is 16.0 Å². The lowest BCUT2D eigenvalue weighted by molar-refractivity contribution is -0.117. The predicted molar refractivity (Wildman–Crippen MR) is 95.1 cm³/mol. The normalized spacial score (nSPS) is 10.8. The fourth-order valence-electron chi connectivity index (χ4n) is 2.78. The largest absolute Gasteiger partial charge is 0.369 e. The number of fused-ring (bicyclic) bond motifs is 1. The first-order valence-electron chi connectivity index (χ1n) is 7.72. The van der Waals surface area contributed by atoms with E-state index in [-0.39, 0.29) is 12.3 Å². The maximum absolute atomic E-state index is 12.6. The van der Waals surface area contributed by atoms with E-state index < -0.39 is 5.91 Å². The number of primary amides is 1. The quantitative estimate of drug-likeness (QED) is 0.689. The van der Waals surface area contributed by atoms with E-state index in [1.807, 2.05) is 38.1 Å². The van der Waals surface area contributed by atoms with E-state index in [2.05, 4.69) is 10.3 Å². The van der Waals surface area contributed by atoms with Crippen LogP contribution in [0.15, 0.2) is 42.5 Å². The summed E-state index contributed by atoms with van der Waals surface area (Å²) >= 11 is 0. The molecule has 4 N–H and O–H groups in total. The Bertz CT molecular complexity index is 941. The van der Waals surface area contributed by atoms with Crippen LogP contribution in [-0.2, 0) is 11.2 Å². The number of amides is 2. The summed E-state index contributed by atoms with van der Waals surface area (Å²) in [5, 5.41) is 3.90. The first-order valence-corrected chi connectivity index (χ1v) is 7.72. The average molecular weight is 321 g/mol. The molecule has 2 aromatic carbocycles. The summed E-state index contributed by atoms with van der Waals surface area (Å²) in [6.45, 7) is 4.03. The smallest absolute Gasteiger partial charge is 0.255 e. The Morgan fingerprint density at radius 3 is 2.62 bits per heavy atom. The summed E-state index contributed by atoms with van der Waals surface area (Å²) in [6.07, 6.45) is 0.0889. The van der Waals surface area contributed by atoms with Crippen molar-refractivity contribution in [3.8, 4) is 0 Å². The van der Waals surface area contributed by atoms with E-state index in [1.165, 1.54) is 0 Å². The van der Waals surface area contributed by atoms with Crippen LogP contribution in [0.2, 0.25) is 0 Å². The number of rotatable bonds is 4. The van der Waals surface area contributed by atoms with Crippen LogP contribution in [-0.4, -0.2) is 16.8 Å². The third kappa shape index (κ3) is 3.01. The van der Waals surface area contributed by atoms with Crippen molar-refractivity contribution in [2.45, 2.75) is 20.3 Å². The maximum atomic E-state index is 12.6. The van der Waals surface area contributed by atoms with Gasteiger partial charge in [-0.3, -0.25) is 9.59 Å². The minimum Gasteiger partial charge on any atom is -0.369 e. The highest BCUT2D eigenvalue weighted by atomic mass is 16.2. The van der Waals surface area contributed by atoms with Crippen molar-refractivity contribution >= 4 is 28.4 Å². The van der Waals surface area contributed by atoms with Gasteiger partial charge >= 0.3 is 0 Å². The molecule has 1 aromatic heterocycles. The molecular weight excluding hydrogens is 302 g/mol. The Labute approximate surface area is 139 Å². The molecule has 3 aromatic rings. The molecule has 0 aliphatic carbocycles. The Balaban J connectivity index is 1.90. The van der Waals surface area contributed by atoms with Crippen molar-refractivity contribution in [2.75, 3.05) is 5.32 Å². The van der Waals surface area contributed by atoms with Gasteiger partial charge in [0, 0.05) is 27.8 Å². The van der Waals surface area contributed by atoms with Crippen LogP contribution < -0.4 is 11.1 Å². The standard InChI is InChI=1S/C19H19N3O2/c1-11-12(2)21-17-8-7-14(9-15(11)17)19(24)22-16-6-4-3-5-13(16)10-18(20)23/h3-9,21H,10H2,1-2H3,(H2,20,23)(H,22,24). The summed E-state index contributed by atoms with van der Waals surface area (Å²) in [7, 11) is 0. The topological polar surface area (TPSA) is 88.0 Å². The van der Waals surface area contributed by atoms with Crippen LogP contribution in [0, 0.1) is 13.8 Å². The molecule has 5 heteroatoms. The summed E-state index contributed by atoms with van der Waals surface area (Å²) in [4.78, 5) is 27.0. The predicted octanol–water partition coefficient (Wildman–Crippen LogP) is 3.06. The van der Waals surface area contributed by atoms with Gasteiger partial charge in [-0.2, -0.15) is 0 Å². The molecule has 0 radical (unpaired) electrons. The SMILES string of the molecule is Cc1[nH]c2ccc(C(=O)Nc3ccccc3CC(N)=O)cc2c1C. The third-order valence-corrected chi connectivity index (χ3v) is 4.20. The second kappa shape index (κ2) is 6.20. The van der Waals surface area contributed by atoms with Crippen LogP contribution in [0.5, 0.6) is 0 Å². The number of anilines is 1. The molecule has 0 unspecified atom stereocenters. The Morgan fingerprint density at radius 2 is 1.88 bits per heavy atom. The Hall–Kier alpha value is -3.08. The molecular formula is C19H19N3O2. The van der Waals surface area contributed by atoms with Crippen LogP contribution >= 0.6 is 0 Å². The molecule has 24 heavy (non-hydrogen) atoms. The number of aryl methyl sites for hydroxylation is 2. The van der Waals surface area contributed by atoms with Gasteiger partial charge in [-0.15, -0.1) is 0 Å². The number of benzene rings is 2. The maximum Gasteiger partial charge on any atom is 0.255 e. The summed E-state index contributed by atoms with van der Waals surface area (Å²) in [5.74, 6) is -0.649. The number of carbonyl (C=O) groups excluding carboxylic acids is 2. The molecule has 0 aliphatic heterocycles. The van der Waals surface area contributed by atoms with Crippen LogP contribution in [0.4, 0.5) is 5.69 Å². The van der Waals surface area contributed by atoms with Crippen molar-refractivity contribution in [2.24, 2.45) is 5.73 Å². The number of aromatic amines is 1. The van der Waals surface area contributed by atoms with E-state index in [1.54, 1.807) is 18.2 Å². The highest BCUT2D eigenvalue weighted by molar-refractivity contribution is 6.07. The van der Waals surface area contributed by atoms with E-state index in [4.69, 9.17) is 5.73 Å². The number of aromatic nitrogens is 1. The minimum atomic E-state index is -0.434. The summed E-state index contributed by atoms with van der Waals surface area (Å²) in [6, 6.07) is 12.7. The molecule has 0 fully saturated rings. The molecule has 0 saturated heterocycles. The second-order valence-corrected chi connectivity index (χ2v) is 5.89. The summed E-state index contributed by atoms with van der Waals surface area (Å²) in [5.41, 5.74) is 10.4. The van der Waals surface area contributed by atoms with E-state index in [0.29, 0.717) is 16.8 Å². The van der Waals surface area contributed by atoms with E-state index >= 15 is 0 Å². The van der Waals surface area contributed by atoms with Gasteiger partial charge in [-0.25, -0.2) is 0 Å². The lowest BCUT2D eigenvalue weighted by atomic mass is 10.1. The van der Waals surface area contributed by atoms with Crippen molar-refractivity contribution in [1.29, 1.82) is 0 Å². The highest BCUT2D eigenvalue weighted by Gasteiger charge is 2.12. The van der Waals surface area contributed by atoms with Gasteiger partial charge in [-0.05, 0) is 49.2 Å². The Kier molecular flexibility index (Phi) is 4.08. The van der Waals surface area contributed by atoms with E-state index in [9.17, 15) is 9.59 Å². The first-order chi connectivity index (χ1) is 11.5. The van der Waals surface area contributed by atoms with Crippen LogP contribution in [0.1, 0.15) is 27.2 Å². The van der Waals surface area contributed by atoms with Crippen LogP contribution in [0.3, 0.4) is 0 Å². The zero-order valence-electron chi connectivity index (χ0n) is 13.6. The Morgan fingerprint density at radius 1 is 1.12 bits per heavy atom. The zero-order valence-corrected chi connectivity index (χ0v) is 13.6. The third-order valence-electron chi connectivity index (χ3n) is 4.20. The van der Waals surface area contributed by atoms with Crippen molar-refractivity contribution in [3.05, 3.63) is 64.8 Å². The lowest BCUT2D eigenvalue weighted by Gasteiger charge is -2.10. The zero-order chi connectivity index (χ0) is 17.3. The first kappa shape index (κ1) is 15.8. The van der Waals surface area contributed by atoms with Gasteiger partial charge in [0.15, 0.2) is 0 Å². The van der Waals surface area contributed by atoms with Crippen LogP contribution in [0.25, 0.3) is 10.9 Å². The molecule has 0 saturated carbocycles. The highest BCUT2D eigenvalue weighted by Crippen LogP contribution is 2.23. The molecule has 0 bridgehead atoms. The number of carbonyl (C=O) groups is 2. The average Bonchev–Trinajstić information content (AvgIpc) is 2.83. The summed E-state index contributed by atoms with van der Waals surface area (Å²) < 4.78 is 0. The molecule has 5 nitrogen and oxygen atoms in total. The molecule has 2 amide bonds. The van der Waals surface area contributed by atoms with Crippen molar-refractivity contribution in [1.82, 2.24) is 4.98 Å². The van der Waals surface area contributed by atoms with Crippen molar-refractivity contribution in [3.63, 3.8) is 0 Å². The minimum absolute atomic E-state index is 0.0889. The molecule has 3 rings (SSSR count). The number of H-pyrrole nitrogens is 1. The number of hydrogen-bond donors (Lipinski definition) is 3. The van der Waals surface area contributed by atoms with Gasteiger partial charge in [0.05, 0.1) is 6.42 Å². The number of nitrogens with one attached hydrogen (secondary N) is 2. The van der Waals surface area contributed by atoms with Gasteiger partial charge in [0.2, 0.25) is 5.91 Å².